The maximum atomic E-state index is 13.0. The molecule has 2 aliphatic rings. The zero-order valence-corrected chi connectivity index (χ0v) is 18.5. The molecule has 35 heavy (non-hydrogen) atoms. The van der Waals surface area contributed by atoms with Crippen molar-refractivity contribution >= 4 is 18.0 Å². The van der Waals surface area contributed by atoms with Gasteiger partial charge in [0.2, 0.25) is 0 Å². The van der Waals surface area contributed by atoms with Crippen molar-refractivity contribution in [3.8, 4) is 11.1 Å². The molecular formula is C24H23F3N2O6. The van der Waals surface area contributed by atoms with Gasteiger partial charge in [0, 0.05) is 18.9 Å². The number of aliphatic carboxylic acids is 1. The van der Waals surface area contributed by atoms with Gasteiger partial charge in [-0.25, -0.2) is 4.79 Å². The first kappa shape index (κ1) is 24.5. The summed E-state index contributed by atoms with van der Waals surface area (Å²) in [4.78, 5) is 37.0. The highest BCUT2D eigenvalue weighted by Gasteiger charge is 2.49. The number of hydrogen-bond donors (Lipinski definition) is 2. The molecule has 8 nitrogen and oxygen atoms in total. The summed E-state index contributed by atoms with van der Waals surface area (Å²) in [7, 11) is 0. The van der Waals surface area contributed by atoms with E-state index in [0.717, 1.165) is 22.3 Å². The van der Waals surface area contributed by atoms with Gasteiger partial charge >= 0.3 is 18.2 Å². The average Bonchev–Trinajstić information content (AvgIpc) is 3.39. The van der Waals surface area contributed by atoms with Gasteiger partial charge in [-0.05, 0) is 22.3 Å². The van der Waals surface area contributed by atoms with E-state index in [0.29, 0.717) is 0 Å². The number of ether oxygens (including phenoxy) is 2. The first-order valence-electron chi connectivity index (χ1n) is 10.9. The minimum Gasteiger partial charge on any atom is -0.480 e. The van der Waals surface area contributed by atoms with Crippen molar-refractivity contribution in [1.82, 2.24) is 10.2 Å². The molecule has 2 aromatic rings. The Morgan fingerprint density at radius 3 is 2.20 bits per heavy atom. The molecule has 1 fully saturated rings. The van der Waals surface area contributed by atoms with E-state index in [4.69, 9.17) is 14.6 Å². The predicted molar refractivity (Wildman–Crippen MR) is 117 cm³/mol. The minimum atomic E-state index is -4.82. The highest BCUT2D eigenvalue weighted by molar-refractivity contribution is 5.92. The summed E-state index contributed by atoms with van der Waals surface area (Å²) in [6.07, 6.45) is -5.95. The van der Waals surface area contributed by atoms with Crippen molar-refractivity contribution in [1.29, 1.82) is 0 Å². The smallest absolute Gasteiger partial charge is 0.408 e. The van der Waals surface area contributed by atoms with Crippen molar-refractivity contribution < 1.29 is 42.1 Å². The van der Waals surface area contributed by atoms with Crippen LogP contribution < -0.4 is 5.32 Å². The van der Waals surface area contributed by atoms with Crippen LogP contribution in [-0.4, -0.2) is 72.6 Å². The van der Waals surface area contributed by atoms with Crippen LogP contribution in [0.4, 0.5) is 18.0 Å². The number of hydrogen-bond acceptors (Lipinski definition) is 5. The van der Waals surface area contributed by atoms with E-state index in [1.165, 1.54) is 0 Å². The number of halogens is 3. The third-order valence-electron chi connectivity index (χ3n) is 6.10. The molecular weight excluding hydrogens is 469 g/mol. The molecule has 1 saturated heterocycles. The molecule has 2 aromatic carbocycles. The summed E-state index contributed by atoms with van der Waals surface area (Å²) in [5, 5.41) is 11.4. The van der Waals surface area contributed by atoms with Crippen LogP contribution in [0.2, 0.25) is 0 Å². The summed E-state index contributed by atoms with van der Waals surface area (Å²) in [5.41, 5.74) is 2.11. The van der Waals surface area contributed by atoms with Crippen molar-refractivity contribution in [3.05, 3.63) is 59.7 Å². The predicted octanol–water partition coefficient (Wildman–Crippen LogP) is 3.16. The lowest BCUT2D eigenvalue weighted by Gasteiger charge is -2.33. The van der Waals surface area contributed by atoms with Crippen molar-refractivity contribution in [2.75, 3.05) is 32.9 Å². The highest BCUT2D eigenvalue weighted by atomic mass is 19.4. The summed E-state index contributed by atoms with van der Waals surface area (Å²) >= 11 is 0. The summed E-state index contributed by atoms with van der Waals surface area (Å²) in [5.74, 6) is -3.06. The van der Waals surface area contributed by atoms with Gasteiger partial charge < -0.3 is 24.8 Å². The lowest BCUT2D eigenvalue weighted by atomic mass is 9.96. The minimum absolute atomic E-state index is 0.00231. The van der Waals surface area contributed by atoms with Gasteiger partial charge in [0.15, 0.2) is 0 Å². The van der Waals surface area contributed by atoms with E-state index in [-0.39, 0.29) is 30.5 Å². The van der Waals surface area contributed by atoms with Gasteiger partial charge in [-0.3, -0.25) is 9.59 Å². The SMILES string of the molecule is O=C(O)CN(CC(F)(F)F)C(=O)C1(NC(=O)OCC2c3ccccc3-c3ccccc32)CCOC1. The Morgan fingerprint density at radius 1 is 1.09 bits per heavy atom. The van der Waals surface area contributed by atoms with Crippen LogP contribution in [0, 0.1) is 0 Å². The Labute approximate surface area is 198 Å². The second kappa shape index (κ2) is 9.57. The van der Waals surface area contributed by atoms with E-state index in [1.807, 2.05) is 48.5 Å². The van der Waals surface area contributed by atoms with E-state index in [2.05, 4.69) is 5.32 Å². The highest BCUT2D eigenvalue weighted by Crippen LogP contribution is 2.44. The van der Waals surface area contributed by atoms with E-state index in [9.17, 15) is 27.6 Å². The lowest BCUT2D eigenvalue weighted by Crippen LogP contribution is -2.62. The third kappa shape index (κ3) is 5.24. The molecule has 2 amide bonds. The maximum absolute atomic E-state index is 13.0. The molecule has 0 spiro atoms. The van der Waals surface area contributed by atoms with Gasteiger partial charge in [0.05, 0.1) is 6.61 Å². The van der Waals surface area contributed by atoms with Gasteiger partial charge in [0.25, 0.3) is 5.91 Å². The molecule has 0 radical (unpaired) electrons. The second-order valence-corrected chi connectivity index (χ2v) is 8.51. The number of alkyl carbamates (subject to hydrolysis) is 1. The number of amides is 2. The van der Waals surface area contributed by atoms with Crippen LogP contribution in [0.25, 0.3) is 11.1 Å². The average molecular weight is 492 g/mol. The zero-order valence-electron chi connectivity index (χ0n) is 18.5. The van der Waals surface area contributed by atoms with Crippen LogP contribution in [0.3, 0.4) is 0 Å². The van der Waals surface area contributed by atoms with Crippen molar-refractivity contribution in [2.24, 2.45) is 0 Å². The Kier molecular flexibility index (Phi) is 6.70. The van der Waals surface area contributed by atoms with E-state index >= 15 is 0 Å². The fourth-order valence-electron chi connectivity index (χ4n) is 4.60. The summed E-state index contributed by atoms with van der Waals surface area (Å²) < 4.78 is 49.6. The first-order chi connectivity index (χ1) is 16.6. The number of carbonyl (C=O) groups is 3. The number of carboxylic acid groups (broad SMARTS) is 1. The quantitative estimate of drug-likeness (QED) is 0.615. The topological polar surface area (TPSA) is 105 Å². The molecule has 1 heterocycles. The van der Waals surface area contributed by atoms with Crippen LogP contribution >= 0.6 is 0 Å². The summed E-state index contributed by atoms with van der Waals surface area (Å²) in [6, 6.07) is 15.4. The second-order valence-electron chi connectivity index (χ2n) is 8.51. The molecule has 0 saturated carbocycles. The molecule has 11 heteroatoms. The number of carbonyl (C=O) groups excluding carboxylic acids is 2. The van der Waals surface area contributed by atoms with E-state index < -0.39 is 49.4 Å². The largest absolute Gasteiger partial charge is 0.480 e. The molecule has 0 bridgehead atoms. The Morgan fingerprint density at radius 2 is 1.69 bits per heavy atom. The number of benzene rings is 2. The molecule has 2 N–H and O–H groups in total. The Hall–Kier alpha value is -3.60. The number of nitrogens with zero attached hydrogens (tertiary/aromatic N) is 1. The lowest BCUT2D eigenvalue weighted by molar-refractivity contribution is -0.169. The number of carboxylic acids is 1. The molecule has 1 atom stereocenters. The molecule has 186 valence electrons. The number of fused-ring (bicyclic) bond motifs is 3. The van der Waals surface area contributed by atoms with Gasteiger partial charge in [-0.2, -0.15) is 13.2 Å². The molecule has 4 rings (SSSR count). The molecule has 1 unspecified atom stereocenters. The van der Waals surface area contributed by atoms with Gasteiger partial charge in [-0.1, -0.05) is 48.5 Å². The molecule has 0 aromatic heterocycles. The van der Waals surface area contributed by atoms with Crippen molar-refractivity contribution in [2.45, 2.75) is 24.1 Å². The van der Waals surface area contributed by atoms with Crippen LogP contribution in [0.15, 0.2) is 48.5 Å². The Balaban J connectivity index is 1.49. The van der Waals surface area contributed by atoms with Gasteiger partial charge in [0.1, 0.15) is 25.2 Å². The zero-order chi connectivity index (χ0) is 25.2. The number of rotatable bonds is 7. The fourth-order valence-corrected chi connectivity index (χ4v) is 4.60. The standard InChI is InChI=1S/C24H23F3N2O6/c25-24(26,27)13-29(11-20(30)31)21(32)23(9-10-34-14-23)28-22(33)35-12-19-17-7-3-1-5-15(17)16-6-2-4-8-18(16)19/h1-8,19H,9-14H2,(H,28,33)(H,30,31). The maximum Gasteiger partial charge on any atom is 0.408 e. The Bertz CT molecular complexity index is 1080. The van der Waals surface area contributed by atoms with Crippen LogP contribution in [-0.2, 0) is 19.1 Å². The normalized spacial score (nSPS) is 19.1. The third-order valence-corrected chi connectivity index (χ3v) is 6.10. The van der Waals surface area contributed by atoms with E-state index in [1.54, 1.807) is 0 Å². The van der Waals surface area contributed by atoms with Crippen molar-refractivity contribution in [3.63, 3.8) is 0 Å². The monoisotopic (exact) mass is 492 g/mol. The summed E-state index contributed by atoms with van der Waals surface area (Å²) in [6.45, 7) is -3.41. The number of nitrogens with one attached hydrogen (secondary N) is 1. The number of alkyl halides is 3. The van der Waals surface area contributed by atoms with Crippen LogP contribution in [0.1, 0.15) is 23.5 Å². The molecule has 1 aliphatic heterocycles. The molecule has 1 aliphatic carbocycles. The van der Waals surface area contributed by atoms with Crippen LogP contribution in [0.5, 0.6) is 0 Å². The van der Waals surface area contributed by atoms with Gasteiger partial charge in [-0.15, -0.1) is 0 Å². The fraction of sp³-hybridized carbons (Fsp3) is 0.375. The first-order valence-corrected chi connectivity index (χ1v) is 10.9.